The van der Waals surface area contributed by atoms with Crippen molar-refractivity contribution in [2.75, 3.05) is 33.0 Å². The van der Waals surface area contributed by atoms with Gasteiger partial charge in [-0.15, -0.1) is 0 Å². The van der Waals surface area contributed by atoms with Crippen LogP contribution in [-0.2, 0) is 4.74 Å². The number of amides is 1. The lowest BCUT2D eigenvalue weighted by atomic mass is 10.3. The van der Waals surface area contributed by atoms with Crippen molar-refractivity contribution in [3.8, 4) is 0 Å². The smallest absolute Gasteiger partial charge is 0.270 e. The molecule has 0 atom stereocenters. The van der Waals surface area contributed by atoms with E-state index in [1.54, 1.807) is 24.4 Å². The molecule has 2 rings (SSSR count). The van der Waals surface area contributed by atoms with Gasteiger partial charge in [0.05, 0.1) is 19.9 Å². The Balaban J connectivity index is 1.79. The molecular weight excluding hydrogens is 206 g/mol. The van der Waals surface area contributed by atoms with Crippen molar-refractivity contribution in [2.24, 2.45) is 0 Å². The summed E-state index contributed by atoms with van der Waals surface area (Å²) in [6, 6.07) is 5.30. The van der Waals surface area contributed by atoms with Gasteiger partial charge in [-0.1, -0.05) is 6.07 Å². The lowest BCUT2D eigenvalue weighted by Crippen LogP contribution is -2.43. The van der Waals surface area contributed by atoms with E-state index in [2.05, 4.69) is 15.2 Å². The van der Waals surface area contributed by atoms with Gasteiger partial charge in [0.25, 0.3) is 5.91 Å². The van der Waals surface area contributed by atoms with Gasteiger partial charge in [-0.05, 0) is 12.1 Å². The Morgan fingerprint density at radius 1 is 1.44 bits per heavy atom. The zero-order valence-electron chi connectivity index (χ0n) is 9.06. The highest BCUT2D eigenvalue weighted by atomic mass is 16.5. The minimum Gasteiger partial charge on any atom is -0.379 e. The molecule has 0 radical (unpaired) electrons. The molecule has 0 unspecified atom stereocenters. The van der Waals surface area contributed by atoms with Gasteiger partial charge in [-0.25, -0.2) is 0 Å². The van der Waals surface area contributed by atoms with Gasteiger partial charge in [-0.3, -0.25) is 14.7 Å². The molecule has 0 spiro atoms. The Bertz CT molecular complexity index is 336. The first kappa shape index (κ1) is 11.0. The second kappa shape index (κ2) is 5.58. The molecular formula is C11H15N3O2. The number of hydrogen-bond donors (Lipinski definition) is 1. The van der Waals surface area contributed by atoms with E-state index in [4.69, 9.17) is 4.74 Å². The van der Waals surface area contributed by atoms with Crippen LogP contribution < -0.4 is 5.32 Å². The van der Waals surface area contributed by atoms with E-state index in [1.165, 1.54) is 0 Å². The summed E-state index contributed by atoms with van der Waals surface area (Å²) in [7, 11) is 0. The predicted molar refractivity (Wildman–Crippen MR) is 59.0 cm³/mol. The van der Waals surface area contributed by atoms with E-state index in [9.17, 15) is 4.79 Å². The van der Waals surface area contributed by atoms with E-state index in [0.717, 1.165) is 26.3 Å². The van der Waals surface area contributed by atoms with Crippen LogP contribution in [0, 0.1) is 0 Å². The molecule has 1 aromatic heterocycles. The molecule has 0 saturated carbocycles. The number of hydrogen-bond acceptors (Lipinski definition) is 4. The van der Waals surface area contributed by atoms with Crippen molar-refractivity contribution in [1.82, 2.24) is 15.2 Å². The largest absolute Gasteiger partial charge is 0.379 e. The summed E-state index contributed by atoms with van der Waals surface area (Å²) >= 11 is 0. The zero-order valence-corrected chi connectivity index (χ0v) is 9.06. The molecule has 1 aromatic rings. The van der Waals surface area contributed by atoms with Crippen molar-refractivity contribution in [1.29, 1.82) is 0 Å². The Morgan fingerprint density at radius 3 is 2.94 bits per heavy atom. The average Bonchev–Trinajstić information content (AvgIpc) is 2.38. The summed E-state index contributed by atoms with van der Waals surface area (Å²) in [5, 5.41) is 2.84. The lowest BCUT2D eigenvalue weighted by molar-refractivity contribution is 0.0334. The maximum atomic E-state index is 11.7. The number of carbonyl (C=O) groups is 1. The van der Waals surface area contributed by atoms with Crippen LogP contribution in [0.15, 0.2) is 24.4 Å². The van der Waals surface area contributed by atoms with Gasteiger partial charge >= 0.3 is 0 Å². The first-order valence-corrected chi connectivity index (χ1v) is 5.35. The van der Waals surface area contributed by atoms with Crippen molar-refractivity contribution in [2.45, 2.75) is 0 Å². The van der Waals surface area contributed by atoms with Gasteiger partial charge < -0.3 is 10.1 Å². The minimum absolute atomic E-state index is 0.132. The van der Waals surface area contributed by atoms with E-state index in [1.807, 2.05) is 0 Å². The second-order valence-electron chi connectivity index (χ2n) is 3.61. The fourth-order valence-electron chi connectivity index (χ4n) is 1.53. The molecule has 1 fully saturated rings. The molecule has 5 nitrogen and oxygen atoms in total. The highest BCUT2D eigenvalue weighted by molar-refractivity contribution is 5.92. The number of pyridine rings is 1. The quantitative estimate of drug-likeness (QED) is 0.786. The van der Waals surface area contributed by atoms with Gasteiger partial charge in [0.15, 0.2) is 0 Å². The third-order valence-electron chi connectivity index (χ3n) is 2.46. The summed E-state index contributed by atoms with van der Waals surface area (Å²) in [4.78, 5) is 17.8. The van der Waals surface area contributed by atoms with Gasteiger partial charge in [0, 0.05) is 19.3 Å². The maximum Gasteiger partial charge on any atom is 0.270 e. The Kier molecular flexibility index (Phi) is 3.85. The van der Waals surface area contributed by atoms with Crippen molar-refractivity contribution in [3.05, 3.63) is 30.1 Å². The van der Waals surface area contributed by atoms with Crippen molar-refractivity contribution < 1.29 is 9.53 Å². The third-order valence-corrected chi connectivity index (χ3v) is 2.46. The Labute approximate surface area is 94.4 Å². The third kappa shape index (κ3) is 3.01. The average molecular weight is 221 g/mol. The molecule has 0 aromatic carbocycles. The molecule has 2 heterocycles. The number of aromatic nitrogens is 1. The Morgan fingerprint density at radius 2 is 2.25 bits per heavy atom. The molecule has 1 aliphatic heterocycles. The Hall–Kier alpha value is -1.46. The van der Waals surface area contributed by atoms with Crippen LogP contribution in [0.25, 0.3) is 0 Å². The highest BCUT2D eigenvalue weighted by Gasteiger charge is 2.12. The number of carbonyl (C=O) groups excluding carboxylic acids is 1. The monoisotopic (exact) mass is 221 g/mol. The van der Waals surface area contributed by atoms with Crippen LogP contribution in [0.4, 0.5) is 0 Å². The summed E-state index contributed by atoms with van der Waals surface area (Å²) in [5.74, 6) is -0.132. The number of ether oxygens (including phenoxy) is 1. The summed E-state index contributed by atoms with van der Waals surface area (Å²) < 4.78 is 5.22. The summed E-state index contributed by atoms with van der Waals surface area (Å²) in [5.41, 5.74) is 0.454. The van der Waals surface area contributed by atoms with Gasteiger partial charge in [0.1, 0.15) is 5.69 Å². The minimum atomic E-state index is -0.132. The molecule has 5 heteroatoms. The van der Waals surface area contributed by atoms with Crippen LogP contribution in [-0.4, -0.2) is 48.8 Å². The van der Waals surface area contributed by atoms with E-state index >= 15 is 0 Å². The van der Waals surface area contributed by atoms with Crippen LogP contribution in [0.5, 0.6) is 0 Å². The summed E-state index contributed by atoms with van der Waals surface area (Å²) in [6.07, 6.45) is 1.61. The van der Waals surface area contributed by atoms with Crippen LogP contribution in [0.2, 0.25) is 0 Å². The fraction of sp³-hybridized carbons (Fsp3) is 0.455. The summed E-state index contributed by atoms with van der Waals surface area (Å²) in [6.45, 7) is 3.75. The van der Waals surface area contributed by atoms with Crippen LogP contribution >= 0.6 is 0 Å². The number of nitrogens with one attached hydrogen (secondary N) is 1. The van der Waals surface area contributed by atoms with Crippen molar-refractivity contribution >= 4 is 5.91 Å². The first-order valence-electron chi connectivity index (χ1n) is 5.35. The molecule has 86 valence electrons. The van der Waals surface area contributed by atoms with Gasteiger partial charge in [-0.2, -0.15) is 0 Å². The molecule has 1 N–H and O–H groups in total. The molecule has 0 aliphatic carbocycles. The molecule has 16 heavy (non-hydrogen) atoms. The molecule has 1 amide bonds. The first-order chi connectivity index (χ1) is 7.86. The second-order valence-corrected chi connectivity index (χ2v) is 3.61. The van der Waals surface area contributed by atoms with E-state index in [-0.39, 0.29) is 5.91 Å². The lowest BCUT2D eigenvalue weighted by Gasteiger charge is -2.26. The van der Waals surface area contributed by atoms with Crippen LogP contribution in [0.3, 0.4) is 0 Å². The van der Waals surface area contributed by atoms with Gasteiger partial charge in [0.2, 0.25) is 0 Å². The molecule has 1 saturated heterocycles. The molecule has 0 bridgehead atoms. The van der Waals surface area contributed by atoms with E-state index in [0.29, 0.717) is 12.4 Å². The number of rotatable bonds is 3. The van der Waals surface area contributed by atoms with Crippen LogP contribution in [0.1, 0.15) is 10.5 Å². The number of morpholine rings is 1. The molecule has 1 aliphatic rings. The maximum absolute atomic E-state index is 11.7. The number of nitrogens with zero attached hydrogens (tertiary/aromatic N) is 2. The zero-order chi connectivity index (χ0) is 11.2. The standard InChI is InChI=1S/C11H15N3O2/c15-11(10-3-1-2-4-12-10)13-9-14-5-7-16-8-6-14/h1-4H,5-9H2,(H,13,15). The van der Waals surface area contributed by atoms with E-state index < -0.39 is 0 Å². The predicted octanol–water partition coefficient (Wildman–Crippen LogP) is 0.101. The van der Waals surface area contributed by atoms with Crippen molar-refractivity contribution in [3.63, 3.8) is 0 Å². The topological polar surface area (TPSA) is 54.5 Å². The normalized spacial score (nSPS) is 17.0. The highest BCUT2D eigenvalue weighted by Crippen LogP contribution is 1.96. The SMILES string of the molecule is O=C(NCN1CCOCC1)c1ccccn1. The fourth-order valence-corrected chi connectivity index (χ4v) is 1.53.